The van der Waals surface area contributed by atoms with Gasteiger partial charge in [0.05, 0.1) is 25.3 Å². The highest BCUT2D eigenvalue weighted by atomic mass is 127. The second-order valence-electron chi connectivity index (χ2n) is 9.18. The fourth-order valence-electron chi connectivity index (χ4n) is 3.64. The van der Waals surface area contributed by atoms with Crippen LogP contribution in [-0.2, 0) is 15.9 Å². The Morgan fingerprint density at radius 1 is 0.733 bits per heavy atom. The van der Waals surface area contributed by atoms with Crippen molar-refractivity contribution in [1.82, 2.24) is 0 Å². The number of rotatable bonds is 18. The van der Waals surface area contributed by atoms with Gasteiger partial charge >= 0.3 is 0 Å². The third-order valence-corrected chi connectivity index (χ3v) is 7.34. The van der Waals surface area contributed by atoms with Gasteiger partial charge in [-0.15, -0.1) is 0 Å². The van der Waals surface area contributed by atoms with Crippen LogP contribution in [-0.4, -0.2) is 39.5 Å². The summed E-state index contributed by atoms with van der Waals surface area (Å²) in [6.45, 7) is 13.4. The molecule has 0 aliphatic rings. The van der Waals surface area contributed by atoms with Crippen LogP contribution in [0.1, 0.15) is 90.0 Å². The molecule has 0 atom stereocenters. The maximum absolute atomic E-state index is 5.94. The SMILES string of the molecule is CCCCOC(CCCCCCCCc1ccccc1[P+](C)(C)C)OCCCC.[I-]. The van der Waals surface area contributed by atoms with Gasteiger partial charge in [0.1, 0.15) is 0 Å². The highest BCUT2D eigenvalue weighted by molar-refractivity contribution is 7.81. The average molecular weight is 551 g/mol. The smallest absolute Gasteiger partial charge is 0.157 e. The van der Waals surface area contributed by atoms with Crippen LogP contribution >= 0.6 is 7.26 Å². The van der Waals surface area contributed by atoms with E-state index >= 15 is 0 Å². The summed E-state index contributed by atoms with van der Waals surface area (Å²) in [5, 5.41) is 1.62. The molecule has 2 nitrogen and oxygen atoms in total. The number of ether oxygens (including phenoxy) is 2. The van der Waals surface area contributed by atoms with Crippen LogP contribution < -0.4 is 29.3 Å². The fraction of sp³-hybridized carbons (Fsp3) is 0.769. The molecule has 0 aliphatic heterocycles. The monoisotopic (exact) mass is 550 g/mol. The molecule has 4 heteroatoms. The zero-order valence-corrected chi connectivity index (χ0v) is 23.5. The van der Waals surface area contributed by atoms with Crippen molar-refractivity contribution in [3.05, 3.63) is 29.8 Å². The summed E-state index contributed by atoms with van der Waals surface area (Å²) >= 11 is 0. The van der Waals surface area contributed by atoms with Crippen LogP contribution in [0.4, 0.5) is 0 Å². The average Bonchev–Trinajstić information content (AvgIpc) is 2.69. The molecule has 0 heterocycles. The Hall–Kier alpha value is 0.300. The van der Waals surface area contributed by atoms with E-state index in [9.17, 15) is 0 Å². The first-order chi connectivity index (χ1) is 14.0. The van der Waals surface area contributed by atoms with Crippen molar-refractivity contribution in [3.8, 4) is 0 Å². The lowest BCUT2D eigenvalue weighted by atomic mass is 10.0. The summed E-state index contributed by atoms with van der Waals surface area (Å²) in [6.07, 6.45) is 14.8. The van der Waals surface area contributed by atoms with Gasteiger partial charge in [-0.2, -0.15) is 0 Å². The first kappa shape index (κ1) is 30.3. The van der Waals surface area contributed by atoms with Gasteiger partial charge in [-0.3, -0.25) is 0 Å². The molecule has 0 saturated heterocycles. The van der Waals surface area contributed by atoms with E-state index in [1.54, 1.807) is 10.9 Å². The summed E-state index contributed by atoms with van der Waals surface area (Å²) in [5.41, 5.74) is 1.59. The van der Waals surface area contributed by atoms with Crippen molar-refractivity contribution in [2.45, 2.75) is 97.2 Å². The molecular formula is C26H48IO2P. The van der Waals surface area contributed by atoms with Gasteiger partial charge in [-0.25, -0.2) is 0 Å². The Labute approximate surface area is 205 Å². The topological polar surface area (TPSA) is 18.5 Å². The van der Waals surface area contributed by atoms with E-state index in [1.165, 1.54) is 57.8 Å². The highest BCUT2D eigenvalue weighted by Crippen LogP contribution is 2.46. The second-order valence-corrected chi connectivity index (χ2v) is 13.7. The normalized spacial score (nSPS) is 11.7. The van der Waals surface area contributed by atoms with E-state index in [-0.39, 0.29) is 30.3 Å². The largest absolute Gasteiger partial charge is 1.00 e. The number of aryl methyl sites for hydroxylation is 1. The molecule has 0 radical (unpaired) electrons. The molecule has 0 bridgehead atoms. The van der Waals surface area contributed by atoms with Crippen LogP contribution in [0.3, 0.4) is 0 Å². The molecule has 0 unspecified atom stereocenters. The third-order valence-electron chi connectivity index (χ3n) is 5.45. The lowest BCUT2D eigenvalue weighted by molar-refractivity contribution is -0.147. The zero-order chi connectivity index (χ0) is 21.4. The number of hydrogen-bond donors (Lipinski definition) is 0. The van der Waals surface area contributed by atoms with Crippen molar-refractivity contribution in [3.63, 3.8) is 0 Å². The van der Waals surface area contributed by atoms with E-state index < -0.39 is 7.26 Å². The Morgan fingerprint density at radius 3 is 1.83 bits per heavy atom. The predicted octanol–water partition coefficient (Wildman–Crippen LogP) is 4.46. The summed E-state index contributed by atoms with van der Waals surface area (Å²) in [7, 11) is -0.930. The zero-order valence-electron chi connectivity index (χ0n) is 20.4. The summed E-state index contributed by atoms with van der Waals surface area (Å²) < 4.78 is 11.9. The van der Waals surface area contributed by atoms with Crippen molar-refractivity contribution in [1.29, 1.82) is 0 Å². The lowest BCUT2D eigenvalue weighted by Crippen LogP contribution is -3.00. The van der Waals surface area contributed by atoms with E-state index in [4.69, 9.17) is 9.47 Å². The number of hydrogen-bond acceptors (Lipinski definition) is 2. The van der Waals surface area contributed by atoms with Crippen LogP contribution in [0.15, 0.2) is 24.3 Å². The molecule has 0 spiro atoms. The van der Waals surface area contributed by atoms with E-state index in [0.717, 1.165) is 32.5 Å². The van der Waals surface area contributed by atoms with Gasteiger partial charge in [0.15, 0.2) is 6.29 Å². The van der Waals surface area contributed by atoms with Gasteiger partial charge in [-0.05, 0) is 50.2 Å². The maximum Gasteiger partial charge on any atom is 0.157 e. The Balaban J connectivity index is 0.00000841. The molecule has 0 fully saturated rings. The Bertz CT molecular complexity index is 506. The van der Waals surface area contributed by atoms with Crippen LogP contribution in [0, 0.1) is 0 Å². The van der Waals surface area contributed by atoms with Crippen molar-refractivity contribution in [2.75, 3.05) is 33.2 Å². The second kappa shape index (κ2) is 18.8. The summed E-state index contributed by atoms with van der Waals surface area (Å²) in [5.74, 6) is 0. The van der Waals surface area contributed by atoms with Gasteiger partial charge < -0.3 is 33.5 Å². The van der Waals surface area contributed by atoms with E-state index in [2.05, 4.69) is 58.1 Å². The molecule has 1 rings (SSSR count). The quantitative estimate of drug-likeness (QED) is 0.116. The minimum atomic E-state index is -0.930. The Kier molecular flexibility index (Phi) is 19.0. The number of unbranched alkanes of at least 4 members (excludes halogenated alkanes) is 7. The summed E-state index contributed by atoms with van der Waals surface area (Å²) in [6, 6.07) is 9.11. The molecule has 176 valence electrons. The van der Waals surface area contributed by atoms with E-state index in [1.807, 2.05) is 0 Å². The molecule has 0 N–H and O–H groups in total. The molecule has 1 aromatic rings. The molecule has 1 aromatic carbocycles. The van der Waals surface area contributed by atoms with Gasteiger partial charge in [0, 0.05) is 20.5 Å². The van der Waals surface area contributed by atoms with Crippen molar-refractivity contribution in [2.24, 2.45) is 0 Å². The minimum absolute atomic E-state index is 0. The van der Waals surface area contributed by atoms with Gasteiger partial charge in [-0.1, -0.05) is 70.6 Å². The van der Waals surface area contributed by atoms with Gasteiger partial charge in [0.25, 0.3) is 0 Å². The molecule has 0 saturated carbocycles. The van der Waals surface area contributed by atoms with Crippen molar-refractivity contribution < 1.29 is 33.5 Å². The molecule has 0 aromatic heterocycles. The standard InChI is InChI=1S/C26H48O2P.HI/c1-6-8-22-27-26(28-23-9-7-2)21-15-13-11-10-12-14-18-24-19-16-17-20-25(24)29(3,4)5;/h16-17,19-20,26H,6-15,18,21-23H2,1-5H3;1H/q+1;/p-1. The fourth-order valence-corrected chi connectivity index (χ4v) is 5.22. The first-order valence-electron chi connectivity index (χ1n) is 12.1. The highest BCUT2D eigenvalue weighted by Gasteiger charge is 2.24. The minimum Gasteiger partial charge on any atom is -1.00 e. The van der Waals surface area contributed by atoms with Crippen LogP contribution in [0.5, 0.6) is 0 Å². The van der Waals surface area contributed by atoms with Crippen LogP contribution in [0.2, 0.25) is 0 Å². The third kappa shape index (κ3) is 14.4. The van der Waals surface area contributed by atoms with Crippen molar-refractivity contribution >= 4 is 12.6 Å². The molecule has 0 amide bonds. The lowest BCUT2D eigenvalue weighted by Gasteiger charge is -2.18. The summed E-state index contributed by atoms with van der Waals surface area (Å²) in [4.78, 5) is 0. The van der Waals surface area contributed by atoms with Crippen LogP contribution in [0.25, 0.3) is 0 Å². The van der Waals surface area contributed by atoms with Gasteiger partial charge in [0.2, 0.25) is 0 Å². The number of benzene rings is 1. The molecular weight excluding hydrogens is 502 g/mol. The maximum atomic E-state index is 5.94. The molecule has 30 heavy (non-hydrogen) atoms. The first-order valence-corrected chi connectivity index (χ1v) is 15.2. The predicted molar refractivity (Wildman–Crippen MR) is 132 cm³/mol. The Morgan fingerprint density at radius 2 is 1.27 bits per heavy atom. The number of halogens is 1. The van der Waals surface area contributed by atoms with E-state index in [0.29, 0.717) is 0 Å². The molecule has 0 aliphatic carbocycles.